The molecule has 0 unspecified atom stereocenters. The molecular weight excluding hydrogens is 663 g/mol. The highest BCUT2D eigenvalue weighted by atomic mass is 79.9. The molecule has 224 valence electrons. The Morgan fingerprint density at radius 1 is 1.16 bits per heavy atom. The number of hydrogen-bond donors (Lipinski definition) is 3. The van der Waals surface area contributed by atoms with Crippen molar-refractivity contribution in [1.82, 2.24) is 16.1 Å². The highest BCUT2D eigenvalue weighted by Gasteiger charge is 2.32. The van der Waals surface area contributed by atoms with Crippen molar-refractivity contribution >= 4 is 63.0 Å². The quantitative estimate of drug-likeness (QED) is 0.102. The van der Waals surface area contributed by atoms with E-state index in [0.29, 0.717) is 48.5 Å². The van der Waals surface area contributed by atoms with Crippen LogP contribution in [0.5, 0.6) is 11.5 Å². The van der Waals surface area contributed by atoms with E-state index in [1.807, 2.05) is 0 Å². The van der Waals surface area contributed by atoms with Crippen LogP contribution >= 0.6 is 39.7 Å². The number of benzene rings is 3. The number of para-hydroxylation sites is 1. The van der Waals surface area contributed by atoms with E-state index in [1.54, 1.807) is 62.4 Å². The fourth-order valence-electron chi connectivity index (χ4n) is 4.14. The number of carbonyl (C=O) groups is 2. The topological polar surface area (TPSA) is 110 Å². The summed E-state index contributed by atoms with van der Waals surface area (Å²) in [6, 6.07) is 15.7. The van der Waals surface area contributed by atoms with Gasteiger partial charge in [0.05, 0.1) is 33.9 Å². The number of allylic oxidation sites excluding steroid dienone is 1. The number of ether oxygens (including phenoxy) is 3. The van der Waals surface area contributed by atoms with Crippen LogP contribution in [0, 0.1) is 5.82 Å². The van der Waals surface area contributed by atoms with Crippen LogP contribution in [0.25, 0.3) is 0 Å². The molecule has 0 saturated heterocycles. The van der Waals surface area contributed by atoms with Gasteiger partial charge in [0.2, 0.25) is 0 Å². The third-order valence-electron chi connectivity index (χ3n) is 6.07. The molecule has 4 rings (SSSR count). The summed E-state index contributed by atoms with van der Waals surface area (Å²) in [6.07, 6.45) is 1.42. The smallest absolute Gasteiger partial charge is 0.338 e. The Bertz CT molecular complexity index is 1560. The van der Waals surface area contributed by atoms with Crippen LogP contribution in [0.4, 0.5) is 4.39 Å². The van der Waals surface area contributed by atoms with Crippen molar-refractivity contribution in [3.8, 4) is 11.5 Å². The summed E-state index contributed by atoms with van der Waals surface area (Å²) < 4.78 is 30.5. The van der Waals surface area contributed by atoms with Crippen molar-refractivity contribution in [1.29, 1.82) is 0 Å². The van der Waals surface area contributed by atoms with E-state index in [4.69, 9.17) is 38.0 Å². The van der Waals surface area contributed by atoms with Gasteiger partial charge in [-0.3, -0.25) is 4.79 Å². The number of amides is 1. The summed E-state index contributed by atoms with van der Waals surface area (Å²) in [5.41, 5.74) is 5.32. The van der Waals surface area contributed by atoms with E-state index in [-0.39, 0.29) is 25.6 Å². The molecule has 0 aromatic heterocycles. The van der Waals surface area contributed by atoms with Crippen LogP contribution in [0.15, 0.2) is 81.5 Å². The number of hydrogen-bond acceptors (Lipinski definition) is 7. The maximum atomic E-state index is 13.1. The Morgan fingerprint density at radius 2 is 1.91 bits per heavy atom. The summed E-state index contributed by atoms with van der Waals surface area (Å²) >= 11 is 15.1. The van der Waals surface area contributed by atoms with Gasteiger partial charge in [0.1, 0.15) is 18.2 Å². The van der Waals surface area contributed by atoms with Crippen molar-refractivity contribution in [2.24, 2.45) is 5.10 Å². The zero-order chi connectivity index (χ0) is 30.9. The number of thiocarbonyl (C=S) groups is 1. The van der Waals surface area contributed by atoms with Crippen LogP contribution < -0.4 is 25.5 Å². The fraction of sp³-hybridized carbons (Fsp3) is 0.200. The molecule has 0 saturated carbocycles. The molecule has 1 heterocycles. The highest BCUT2D eigenvalue weighted by molar-refractivity contribution is 9.10. The number of hydrazone groups is 1. The first kappa shape index (κ1) is 31.9. The molecule has 0 bridgehead atoms. The number of carbonyl (C=O) groups excluding carboxylic acids is 2. The average Bonchev–Trinajstić information content (AvgIpc) is 2.96. The highest BCUT2D eigenvalue weighted by Crippen LogP contribution is 2.35. The largest absolute Gasteiger partial charge is 0.486 e. The van der Waals surface area contributed by atoms with Crippen molar-refractivity contribution in [2.45, 2.75) is 26.5 Å². The van der Waals surface area contributed by atoms with Gasteiger partial charge in [-0.2, -0.15) is 5.10 Å². The average molecular weight is 690 g/mol. The number of esters is 1. The molecule has 3 N–H and O–H groups in total. The molecule has 1 aliphatic heterocycles. The monoisotopic (exact) mass is 688 g/mol. The van der Waals surface area contributed by atoms with Gasteiger partial charge in [0.15, 0.2) is 17.5 Å². The van der Waals surface area contributed by atoms with E-state index in [2.05, 4.69) is 37.1 Å². The zero-order valence-corrected chi connectivity index (χ0v) is 26.2. The maximum Gasteiger partial charge on any atom is 0.338 e. The normalized spacial score (nSPS) is 14.6. The van der Waals surface area contributed by atoms with Crippen LogP contribution in [0.3, 0.4) is 0 Å². The molecule has 9 nitrogen and oxygen atoms in total. The Kier molecular flexibility index (Phi) is 11.1. The van der Waals surface area contributed by atoms with Crippen molar-refractivity contribution in [3.05, 3.63) is 104 Å². The predicted octanol–water partition coefficient (Wildman–Crippen LogP) is 5.71. The SMILES string of the molecule is CCOC(=O)C1=C(C)NC(=S)N[C@@H]1c1ccccc1OCC(=O)NN=Cc1cc(Cl)c(OCc2ccc(F)cc2)c(Br)c1. The minimum absolute atomic E-state index is 0.200. The summed E-state index contributed by atoms with van der Waals surface area (Å²) in [5.74, 6) is -0.535. The van der Waals surface area contributed by atoms with Crippen molar-refractivity contribution in [2.75, 3.05) is 13.2 Å². The minimum atomic E-state index is -0.643. The minimum Gasteiger partial charge on any atom is -0.486 e. The lowest BCUT2D eigenvalue weighted by Gasteiger charge is -2.30. The molecule has 1 atom stereocenters. The maximum absolute atomic E-state index is 13.1. The van der Waals surface area contributed by atoms with Gasteiger partial charge in [0.25, 0.3) is 5.91 Å². The molecule has 0 fully saturated rings. The molecule has 0 spiro atoms. The predicted molar refractivity (Wildman–Crippen MR) is 169 cm³/mol. The molecule has 0 aliphatic carbocycles. The lowest BCUT2D eigenvalue weighted by atomic mass is 9.95. The molecular formula is C30H27BrClFN4O5S. The Labute approximate surface area is 266 Å². The standard InChI is InChI=1S/C30H27BrClFN4O5S/c1-3-40-29(39)26-17(2)35-30(43)36-27(26)21-6-4-5-7-24(21)41-16-25(38)37-34-14-19-12-22(31)28(23(32)13-19)42-15-18-8-10-20(33)11-9-18/h4-14,27H,3,15-16H2,1-2H3,(H,37,38)(H2,35,36,43)/t27-/m1/s1. The summed E-state index contributed by atoms with van der Waals surface area (Å²) in [5, 5.41) is 10.7. The second-order valence-corrected chi connectivity index (χ2v) is 10.8. The third kappa shape index (κ3) is 8.53. The number of rotatable bonds is 11. The first-order chi connectivity index (χ1) is 20.7. The fourth-order valence-corrected chi connectivity index (χ4v) is 5.40. The van der Waals surface area contributed by atoms with E-state index in [9.17, 15) is 14.0 Å². The van der Waals surface area contributed by atoms with Gasteiger partial charge in [-0.1, -0.05) is 41.9 Å². The summed E-state index contributed by atoms with van der Waals surface area (Å²) in [7, 11) is 0. The number of nitrogens with one attached hydrogen (secondary N) is 3. The Hall–Kier alpha value is -4.00. The van der Waals surface area contributed by atoms with E-state index >= 15 is 0 Å². The summed E-state index contributed by atoms with van der Waals surface area (Å²) in [6.45, 7) is 3.53. The van der Waals surface area contributed by atoms with Gasteiger partial charge >= 0.3 is 5.97 Å². The lowest BCUT2D eigenvalue weighted by molar-refractivity contribution is -0.139. The van der Waals surface area contributed by atoms with Gasteiger partial charge in [-0.05, 0) is 83.5 Å². The molecule has 0 radical (unpaired) electrons. The molecule has 43 heavy (non-hydrogen) atoms. The van der Waals surface area contributed by atoms with Crippen LogP contribution in [0.2, 0.25) is 5.02 Å². The third-order valence-corrected chi connectivity index (χ3v) is 7.16. The Morgan fingerprint density at radius 3 is 2.63 bits per heavy atom. The van der Waals surface area contributed by atoms with Crippen LogP contribution in [-0.4, -0.2) is 36.4 Å². The first-order valence-corrected chi connectivity index (χ1v) is 14.6. The van der Waals surface area contributed by atoms with Crippen LogP contribution in [0.1, 0.15) is 36.6 Å². The van der Waals surface area contributed by atoms with E-state index in [0.717, 1.165) is 5.56 Å². The first-order valence-electron chi connectivity index (χ1n) is 13.0. The second-order valence-electron chi connectivity index (χ2n) is 9.14. The van der Waals surface area contributed by atoms with Crippen LogP contribution in [-0.2, 0) is 20.9 Å². The molecule has 1 amide bonds. The molecule has 3 aromatic carbocycles. The van der Waals surface area contributed by atoms with Gasteiger partial charge in [0, 0.05) is 11.3 Å². The lowest BCUT2D eigenvalue weighted by Crippen LogP contribution is -2.45. The number of nitrogens with zero attached hydrogens (tertiary/aromatic N) is 1. The Balaban J connectivity index is 1.37. The molecule has 13 heteroatoms. The van der Waals surface area contributed by atoms with Gasteiger partial charge in [-0.15, -0.1) is 0 Å². The van der Waals surface area contributed by atoms with Gasteiger partial charge < -0.3 is 24.8 Å². The van der Waals surface area contributed by atoms with E-state index < -0.39 is 17.9 Å². The zero-order valence-electron chi connectivity index (χ0n) is 23.1. The van der Waals surface area contributed by atoms with Gasteiger partial charge in [-0.25, -0.2) is 14.6 Å². The van der Waals surface area contributed by atoms with Crippen molar-refractivity contribution in [3.63, 3.8) is 0 Å². The van der Waals surface area contributed by atoms with E-state index in [1.165, 1.54) is 18.3 Å². The number of halogens is 3. The second kappa shape index (κ2) is 14.9. The van der Waals surface area contributed by atoms with Crippen molar-refractivity contribution < 1.29 is 28.2 Å². The summed E-state index contributed by atoms with van der Waals surface area (Å²) in [4.78, 5) is 25.2. The molecule has 3 aromatic rings. The molecule has 1 aliphatic rings.